The Hall–Kier alpha value is -4.56. The molecule has 54 heavy (non-hydrogen) atoms. The average molecular weight is 769 g/mol. The van der Waals surface area contributed by atoms with Gasteiger partial charge in [-0.15, -0.1) is 0 Å². The summed E-state index contributed by atoms with van der Waals surface area (Å²) in [6.45, 7) is 5.50. The smallest absolute Gasteiger partial charge is 0.204 e. The minimum Gasteiger partial charge on any atom is -0.492 e. The second kappa shape index (κ2) is 18.7. The molecule has 1 atom stereocenters. The van der Waals surface area contributed by atoms with E-state index in [4.69, 9.17) is 34.2 Å². The number of hydrogen-bond acceptors (Lipinski definition) is 7. The number of fused-ring (bicyclic) bond motifs is 3. The number of hydrogen-bond donors (Lipinski definition) is 1. The molecule has 0 saturated carbocycles. The van der Waals surface area contributed by atoms with Gasteiger partial charge in [0.15, 0.2) is 65.3 Å². The van der Waals surface area contributed by atoms with Crippen LogP contribution in [0.2, 0.25) is 0 Å². The van der Waals surface area contributed by atoms with Crippen LogP contribution in [0.25, 0.3) is 22.3 Å². The van der Waals surface area contributed by atoms with Crippen molar-refractivity contribution in [3.63, 3.8) is 0 Å². The summed E-state index contributed by atoms with van der Waals surface area (Å²) in [7, 11) is 8.18. The molecule has 1 aliphatic carbocycles. The van der Waals surface area contributed by atoms with E-state index in [0.717, 1.165) is 31.2 Å². The summed E-state index contributed by atoms with van der Waals surface area (Å²) < 4.78 is 126. The van der Waals surface area contributed by atoms with Gasteiger partial charge in [-0.25, -0.2) is 26.3 Å². The summed E-state index contributed by atoms with van der Waals surface area (Å²) in [6, 6.07) is 1.71. The number of nitrogens with two attached hydrogens (primary N) is 1. The van der Waals surface area contributed by atoms with Gasteiger partial charge in [-0.2, -0.15) is 0 Å². The highest BCUT2D eigenvalue weighted by Crippen LogP contribution is 2.61. The van der Waals surface area contributed by atoms with Gasteiger partial charge in [0, 0.05) is 46.6 Å². The molecule has 3 aromatic carbocycles. The Morgan fingerprint density at radius 3 is 1.59 bits per heavy atom. The normalized spacial score (nSPS) is 15.3. The van der Waals surface area contributed by atoms with Crippen LogP contribution in [-0.4, -0.2) is 55.8 Å². The van der Waals surface area contributed by atoms with Crippen molar-refractivity contribution < 1.29 is 59.1 Å². The zero-order valence-corrected chi connectivity index (χ0v) is 31.9. The number of unbranched alkanes of at least 4 members (excludes halogenated alkanes) is 2. The van der Waals surface area contributed by atoms with Crippen molar-refractivity contribution in [2.75, 3.05) is 55.8 Å². The number of halogens is 6. The van der Waals surface area contributed by atoms with Gasteiger partial charge in [0.2, 0.25) is 11.5 Å². The molecule has 1 heterocycles. The molecule has 1 aliphatic heterocycles. The van der Waals surface area contributed by atoms with Gasteiger partial charge in [-0.1, -0.05) is 20.3 Å². The van der Waals surface area contributed by atoms with Crippen LogP contribution in [0.15, 0.2) is 35.7 Å². The second-order valence-electron chi connectivity index (χ2n) is 12.6. The summed E-state index contributed by atoms with van der Waals surface area (Å²) in [5, 5.41) is 0. The van der Waals surface area contributed by atoms with Gasteiger partial charge >= 0.3 is 0 Å². The Morgan fingerprint density at radius 2 is 1.13 bits per heavy atom. The molecule has 5 rings (SSSR count). The molecule has 2 aliphatic rings. The van der Waals surface area contributed by atoms with Gasteiger partial charge in [-0.3, -0.25) is 0 Å². The van der Waals surface area contributed by atoms with Crippen molar-refractivity contribution in [3.8, 4) is 56.8 Å². The van der Waals surface area contributed by atoms with E-state index in [2.05, 4.69) is 11.3 Å². The Kier molecular flexibility index (Phi) is 14.6. The second-order valence-corrected chi connectivity index (χ2v) is 12.6. The lowest BCUT2D eigenvalue weighted by molar-refractivity contribution is -0.167. The van der Waals surface area contributed by atoms with E-state index in [1.165, 1.54) is 55.5 Å². The third-order valence-corrected chi connectivity index (χ3v) is 9.33. The summed E-state index contributed by atoms with van der Waals surface area (Å²) in [5.41, 5.74) is 7.00. The first kappa shape index (κ1) is 42.2. The maximum absolute atomic E-state index is 14.9. The highest BCUT2D eigenvalue weighted by molar-refractivity contribution is 5.95. The third kappa shape index (κ3) is 7.95. The summed E-state index contributed by atoms with van der Waals surface area (Å²) in [4.78, 5) is 0. The number of rotatable bonds is 13. The van der Waals surface area contributed by atoms with E-state index in [1.807, 2.05) is 6.92 Å². The Morgan fingerprint density at radius 1 is 0.648 bits per heavy atom. The number of methoxy groups -OCH3 is 6. The Balaban J connectivity index is 0.00000122. The predicted octanol–water partition coefficient (Wildman–Crippen LogP) is 10.1. The standard InChI is InChI=1S/C36H37F6O7.C4H11N/c1-8-9-10-49-15-19-25(17-11-21(37)29(41)22(38)12-17)31(43-2)35(47-6)33(45-4)27(19)28-20(16-49)26(18-13-23(39)30(42)24(40)14-18)32(44-3)36(48-7)34(28)46-5;1-2-3-4-5/h11-13,18H,8-10,14-16H2,1-7H3;2-5H2,1H3/q+1;. The van der Waals surface area contributed by atoms with E-state index < -0.39 is 47.3 Å². The topological polar surface area (TPSA) is 84.1 Å². The highest BCUT2D eigenvalue weighted by atomic mass is 19.2. The maximum Gasteiger partial charge on any atom is 0.204 e. The molecule has 0 bridgehead atoms. The highest BCUT2D eigenvalue weighted by Gasteiger charge is 2.42. The fraction of sp³-hybridized carbons (Fsp3) is 0.450. The zero-order chi connectivity index (χ0) is 39.9. The molecule has 2 N–H and O–H groups in total. The molecule has 296 valence electrons. The monoisotopic (exact) mass is 768 g/mol. The molecule has 14 heteroatoms. The first-order valence-corrected chi connectivity index (χ1v) is 17.5. The first-order valence-electron chi connectivity index (χ1n) is 17.5. The largest absolute Gasteiger partial charge is 0.492 e. The van der Waals surface area contributed by atoms with Crippen molar-refractivity contribution in [2.24, 2.45) is 5.73 Å². The van der Waals surface area contributed by atoms with E-state index in [-0.39, 0.29) is 64.4 Å². The van der Waals surface area contributed by atoms with Crippen molar-refractivity contribution >= 4 is 0 Å². The molecule has 1 unspecified atom stereocenters. The lowest BCUT2D eigenvalue weighted by Crippen LogP contribution is -2.17. The van der Waals surface area contributed by atoms with Crippen LogP contribution in [0.5, 0.6) is 34.5 Å². The summed E-state index contributed by atoms with van der Waals surface area (Å²) >= 11 is 0. The van der Waals surface area contributed by atoms with Crippen LogP contribution < -0.4 is 34.2 Å². The first-order chi connectivity index (χ1) is 25.9. The van der Waals surface area contributed by atoms with Gasteiger partial charge < -0.3 is 38.5 Å². The summed E-state index contributed by atoms with van der Waals surface area (Å²) in [6.07, 6.45) is 4.32. The quantitative estimate of drug-likeness (QED) is 0.105. The summed E-state index contributed by atoms with van der Waals surface area (Å²) in [5.74, 6) is -9.29. The van der Waals surface area contributed by atoms with Crippen molar-refractivity contribution in [2.45, 2.75) is 65.1 Å². The van der Waals surface area contributed by atoms with Crippen molar-refractivity contribution in [1.82, 2.24) is 0 Å². The van der Waals surface area contributed by atoms with Crippen molar-refractivity contribution in [1.29, 1.82) is 0 Å². The third-order valence-electron chi connectivity index (χ3n) is 9.33. The van der Waals surface area contributed by atoms with E-state index in [0.29, 0.717) is 35.3 Å². The molecule has 0 amide bonds. The Bertz CT molecular complexity index is 1870. The molecule has 0 saturated heterocycles. The molecule has 3 aromatic rings. The lowest BCUT2D eigenvalue weighted by atomic mass is 9.81. The molecule has 8 nitrogen and oxygen atoms in total. The van der Waals surface area contributed by atoms with Gasteiger partial charge in [-0.05, 0) is 43.2 Å². The van der Waals surface area contributed by atoms with Crippen LogP contribution in [-0.2, 0) is 17.6 Å². The molecule has 0 spiro atoms. The van der Waals surface area contributed by atoms with E-state index >= 15 is 0 Å². The predicted molar refractivity (Wildman–Crippen MR) is 195 cm³/mol. The van der Waals surface area contributed by atoms with Gasteiger partial charge in [0.25, 0.3) is 0 Å². The molecular weight excluding hydrogens is 720 g/mol. The Labute approximate surface area is 312 Å². The fourth-order valence-electron chi connectivity index (χ4n) is 6.92. The molecule has 0 fully saturated rings. The van der Waals surface area contributed by atoms with Crippen LogP contribution in [0.3, 0.4) is 0 Å². The number of ether oxygens (including phenoxy) is 6. The number of benzene rings is 3. The van der Waals surface area contributed by atoms with Crippen LogP contribution in [0.4, 0.5) is 26.3 Å². The lowest BCUT2D eigenvalue weighted by Gasteiger charge is -2.28. The minimum atomic E-state index is -1.65. The van der Waals surface area contributed by atoms with Crippen LogP contribution in [0.1, 0.15) is 68.6 Å². The number of allylic oxidation sites excluding steroid dienone is 4. The molecular formula is C40H48F6NO7+. The fourth-order valence-corrected chi connectivity index (χ4v) is 6.92. The zero-order valence-electron chi connectivity index (χ0n) is 31.9. The molecule has 0 radical (unpaired) electrons. The van der Waals surface area contributed by atoms with E-state index in [1.54, 1.807) is 0 Å². The minimum absolute atomic E-state index is 0.0277. The average Bonchev–Trinajstić information content (AvgIpc) is 3.33. The van der Waals surface area contributed by atoms with Gasteiger partial charge in [0.05, 0.1) is 48.2 Å². The SMILES string of the molecule is CCCCN.CCCC[O+]1Cc2c(-c3cc(F)c(F)c(F)c3)c(OC)c(OC)c(OC)c2-c2c(c(C3C=C(F)C(F)=C(F)C3)c(OC)c(OC)c2OC)C1. The van der Waals surface area contributed by atoms with E-state index in [9.17, 15) is 26.3 Å². The van der Waals surface area contributed by atoms with Gasteiger partial charge in [0.1, 0.15) is 12.4 Å². The maximum atomic E-state index is 14.9. The molecule has 0 aromatic heterocycles. The van der Waals surface area contributed by atoms with Crippen molar-refractivity contribution in [3.05, 3.63) is 69.8 Å². The van der Waals surface area contributed by atoms with Crippen LogP contribution >= 0.6 is 0 Å². The van der Waals surface area contributed by atoms with Crippen LogP contribution in [0, 0.1) is 17.5 Å².